The largest absolute Gasteiger partial charge is 2.00 e. The summed E-state index contributed by atoms with van der Waals surface area (Å²) in [6.07, 6.45) is 26.0. The molecule has 3 aliphatic rings. The predicted molar refractivity (Wildman–Crippen MR) is 305 cm³/mol. The van der Waals surface area contributed by atoms with E-state index in [-0.39, 0.29) is 49.1 Å². The van der Waals surface area contributed by atoms with Gasteiger partial charge in [0.25, 0.3) is 0 Å². The number of carboxylic acids is 2. The van der Waals surface area contributed by atoms with Gasteiger partial charge in [0.05, 0.1) is 34.9 Å². The second-order valence-corrected chi connectivity index (χ2v) is 19.9. The summed E-state index contributed by atoms with van der Waals surface area (Å²) in [6.45, 7) is 6.38. The number of hydrogen-bond donors (Lipinski definition) is 3. The molecular formula is C59H59F3N8O5RuS2. The van der Waals surface area contributed by atoms with E-state index in [9.17, 15) is 27.9 Å². The van der Waals surface area contributed by atoms with Crippen LogP contribution in [0.2, 0.25) is 0 Å². The topological polar surface area (TPSA) is 211 Å². The average molecular weight is 1180 g/mol. The number of halogens is 3. The number of furan rings is 1. The van der Waals surface area contributed by atoms with Crippen molar-refractivity contribution in [1.82, 2.24) is 9.97 Å². The van der Waals surface area contributed by atoms with Crippen LogP contribution in [0, 0.1) is 22.7 Å². The number of aliphatic imine (C=N–C) groups is 2. The van der Waals surface area contributed by atoms with Crippen LogP contribution < -0.4 is 4.90 Å². The Labute approximate surface area is 474 Å². The fraction of sp³-hybridized carbons (Fsp3) is 0.288. The molecule has 0 spiro atoms. The summed E-state index contributed by atoms with van der Waals surface area (Å²) in [4.78, 5) is 44.4. The Hall–Kier alpha value is -7.30. The number of rotatable bonds is 18. The van der Waals surface area contributed by atoms with Crippen molar-refractivity contribution in [3.63, 3.8) is 0 Å². The van der Waals surface area contributed by atoms with Crippen molar-refractivity contribution in [3.8, 4) is 21.8 Å². The number of alkyl halides is 3. The molecule has 0 saturated carbocycles. The second-order valence-electron chi connectivity index (χ2n) is 18.8. The van der Waals surface area contributed by atoms with Gasteiger partial charge < -0.3 is 30.7 Å². The Morgan fingerprint density at radius 3 is 2.42 bits per heavy atom. The fourth-order valence-electron chi connectivity index (χ4n) is 9.05. The van der Waals surface area contributed by atoms with Crippen molar-refractivity contribution in [2.24, 2.45) is 27.2 Å². The molecule has 0 amide bonds. The number of allylic oxidation sites excluding steroid dienone is 6. The number of carbonyl (C=O) groups is 2. The molecule has 4 N–H and O–H groups in total. The molecule has 4 aromatic heterocycles. The molecule has 0 bridgehead atoms. The summed E-state index contributed by atoms with van der Waals surface area (Å²) in [6, 6.07) is 21.4. The van der Waals surface area contributed by atoms with Crippen molar-refractivity contribution in [3.05, 3.63) is 185 Å². The number of nitrogens with one attached hydrogen (secondary N) is 2. The van der Waals surface area contributed by atoms with Crippen LogP contribution in [0.25, 0.3) is 38.6 Å². The molecule has 6 heterocycles. The molecule has 1 aliphatic carbocycles. The van der Waals surface area contributed by atoms with Crippen LogP contribution in [0.3, 0.4) is 0 Å². The van der Waals surface area contributed by atoms with Crippen LogP contribution in [0.5, 0.6) is 0 Å². The number of isothiocyanates is 1. The normalized spacial score (nSPS) is 19.8. The molecule has 1 aromatic carbocycles. The summed E-state index contributed by atoms with van der Waals surface area (Å²) in [5, 5.41) is 36.0. The molecule has 5 unspecified atom stereocenters. The van der Waals surface area contributed by atoms with Gasteiger partial charge >= 0.3 is 37.6 Å². The summed E-state index contributed by atoms with van der Waals surface area (Å²) in [5.41, 5.74) is 12.4. The number of aromatic nitrogens is 2. The fourth-order valence-corrected chi connectivity index (χ4v) is 10.0. The van der Waals surface area contributed by atoms with E-state index in [1.54, 1.807) is 54.3 Å². The number of aliphatic carboxylic acids is 2. The summed E-state index contributed by atoms with van der Waals surface area (Å²) in [5.74, 6) is -1.17. The maximum Gasteiger partial charge on any atom is 2.00 e. The van der Waals surface area contributed by atoms with Crippen LogP contribution in [0.15, 0.2) is 172 Å². The Morgan fingerprint density at radius 1 is 1.00 bits per heavy atom. The van der Waals surface area contributed by atoms with Crippen molar-refractivity contribution >= 4 is 75.4 Å². The molecule has 13 nitrogen and oxygen atoms in total. The van der Waals surface area contributed by atoms with E-state index in [4.69, 9.17) is 36.1 Å². The Bertz CT molecular complexity index is 3150. The quantitative estimate of drug-likeness (QED) is 0.0250. The number of nitrogens with zero attached hydrogens (tertiary/aromatic N) is 6. The minimum Gasteiger partial charge on any atom is -0.753 e. The zero-order valence-electron chi connectivity index (χ0n) is 43.1. The van der Waals surface area contributed by atoms with Gasteiger partial charge in [0, 0.05) is 71.0 Å². The number of pyridine rings is 2. The molecule has 19 heteroatoms. The number of carboxylic acid groups (broad SMARTS) is 2. The Morgan fingerprint density at radius 2 is 1.72 bits per heavy atom. The molecule has 8 rings (SSSR count). The molecule has 2 aliphatic heterocycles. The van der Waals surface area contributed by atoms with Gasteiger partial charge in [0.15, 0.2) is 0 Å². The van der Waals surface area contributed by atoms with Crippen LogP contribution in [-0.2, 0) is 35.5 Å². The van der Waals surface area contributed by atoms with Gasteiger partial charge in [-0.3, -0.25) is 25.4 Å². The van der Waals surface area contributed by atoms with Gasteiger partial charge in [-0.1, -0.05) is 113 Å². The third-order valence-corrected chi connectivity index (χ3v) is 13.9. The van der Waals surface area contributed by atoms with E-state index in [0.29, 0.717) is 36.8 Å². The first-order valence-corrected chi connectivity index (χ1v) is 26.2. The average Bonchev–Trinajstić information content (AvgIpc) is 4.11. The smallest absolute Gasteiger partial charge is 0.753 e. The first-order chi connectivity index (χ1) is 36.9. The third kappa shape index (κ3) is 17.6. The number of unbranched alkanes of at least 4 members (excludes halogenated alkanes) is 3. The third-order valence-electron chi connectivity index (χ3n) is 12.8. The first-order valence-electron chi connectivity index (χ1n) is 24.9. The van der Waals surface area contributed by atoms with E-state index >= 15 is 0 Å². The van der Waals surface area contributed by atoms with Crippen molar-refractivity contribution in [2.75, 3.05) is 4.90 Å². The van der Waals surface area contributed by atoms with Gasteiger partial charge in [-0.25, -0.2) is 9.59 Å². The van der Waals surface area contributed by atoms with E-state index in [2.05, 4.69) is 83.4 Å². The number of thiocarbonyl (C=S) groups is 1. The molecule has 0 saturated heterocycles. The maximum atomic E-state index is 12.5. The number of benzene rings is 1. The number of hydrogen-bond acceptors (Lipinski definition) is 11. The molecule has 78 heavy (non-hydrogen) atoms. The first kappa shape index (κ1) is 61.6. The Balaban J connectivity index is 0.000000316. The molecule has 5 atom stereocenters. The zero-order chi connectivity index (χ0) is 55.5. The van der Waals surface area contributed by atoms with E-state index in [1.165, 1.54) is 42.3 Å². The number of anilines is 2. The SMILES string of the molecule is CC1C=CC=CC1N(c1ccccc1)c1coc(-c2ccnc(C3=NC(C4=CC(/C=C/C(=O)O)CC=N4)CC(C)(/C=C/C(=O)O)C3)c2)c1.CCCCCCc1ccsc1-c1ccnc(/C([NH-])=C/C(=N)C(F)(F)F)c1.[N-]=C=S.[Ru+2]. The molecule has 5 aromatic rings. The van der Waals surface area contributed by atoms with Gasteiger partial charge in [0.1, 0.15) is 17.7 Å². The van der Waals surface area contributed by atoms with Gasteiger partial charge in [0.2, 0.25) is 0 Å². The van der Waals surface area contributed by atoms with Gasteiger partial charge in [-0.2, -0.15) is 18.3 Å². The van der Waals surface area contributed by atoms with Crippen molar-refractivity contribution in [1.29, 1.82) is 5.41 Å². The maximum absolute atomic E-state index is 12.5. The van der Waals surface area contributed by atoms with Gasteiger partial charge in [-0.15, -0.1) is 17.0 Å². The van der Waals surface area contributed by atoms with Crippen molar-refractivity contribution < 1.29 is 56.9 Å². The van der Waals surface area contributed by atoms with Crippen LogP contribution in [-0.4, -0.2) is 73.2 Å². The molecular weight excluding hydrogens is 1120 g/mol. The summed E-state index contributed by atoms with van der Waals surface area (Å²) < 4.78 is 43.6. The molecule has 406 valence electrons. The number of thiophene rings is 1. The summed E-state index contributed by atoms with van der Waals surface area (Å²) in [7, 11) is 0. The van der Waals surface area contributed by atoms with Crippen LogP contribution >= 0.6 is 23.6 Å². The van der Waals surface area contributed by atoms with E-state index < -0.39 is 34.9 Å². The number of aryl methyl sites for hydroxylation is 1. The minimum absolute atomic E-state index is 0. The zero-order valence-corrected chi connectivity index (χ0v) is 46.5. The minimum atomic E-state index is -4.76. The van der Waals surface area contributed by atoms with Crippen molar-refractivity contribution in [2.45, 2.75) is 90.4 Å². The summed E-state index contributed by atoms with van der Waals surface area (Å²) >= 11 is 5.27. The van der Waals surface area contributed by atoms with Crippen LogP contribution in [0.4, 0.5) is 24.5 Å². The van der Waals surface area contributed by atoms with E-state index in [0.717, 1.165) is 57.7 Å². The van der Waals surface area contributed by atoms with Gasteiger partial charge in [-0.05, 0) is 102 Å². The van der Waals surface area contributed by atoms with E-state index in [1.807, 2.05) is 54.8 Å². The second kappa shape index (κ2) is 29.4. The molecule has 0 fully saturated rings. The molecule has 0 radical (unpaired) electrons. The standard InChI is InChI=1S/C39H38N4O5.C19H21F3N3S.CNS.Ru/c1-26-8-6-7-11-35(26)43(29-9-4-3-5-10-29)30-22-36(48-25-30)28-16-19-41-32(21-28)34-24-39(2,17-14-38(46)47)23-33(42-34)31-20-27(15-18-40-31)12-13-37(44)45;1-2-3-4-5-6-13-8-10-26-18(13)14-7-9-25-16(11-14)15(23)12-17(24)19(20,21)22;2-1-3;/h3-14,16-22,25-27,33,35H,15,23-24H2,1-2H3,(H,44,45)(H,46,47);7-12,23-24H,2-6H2,1H3;;/q;2*-1;+2/b13-12+,17-14+;15-12-,24-17?;;. The number of para-hydroxylation sites is 1. The Kier molecular flexibility index (Phi) is 23.2. The van der Waals surface area contributed by atoms with Crippen LogP contribution in [0.1, 0.15) is 82.7 Å². The monoisotopic (exact) mass is 1180 g/mol. The predicted octanol–water partition coefficient (Wildman–Crippen LogP) is 15.4.